The molecule has 1 aliphatic carbocycles. The van der Waals surface area contributed by atoms with Crippen LogP contribution >= 0.6 is 24.0 Å². The van der Waals surface area contributed by atoms with E-state index in [1.807, 2.05) is 6.92 Å². The quantitative estimate of drug-likeness (QED) is 0.250. The van der Waals surface area contributed by atoms with Crippen LogP contribution in [0.1, 0.15) is 30.9 Å². The van der Waals surface area contributed by atoms with Gasteiger partial charge in [-0.25, -0.2) is 0 Å². The zero-order valence-electron chi connectivity index (χ0n) is 14.6. The number of nitrogens with one attached hydrogen (secondary N) is 3. The van der Waals surface area contributed by atoms with Crippen molar-refractivity contribution in [2.45, 2.75) is 33.1 Å². The number of hydrogen-bond acceptors (Lipinski definition) is 2. The van der Waals surface area contributed by atoms with Gasteiger partial charge in [-0.15, -0.1) is 24.0 Å². The average molecular weight is 444 g/mol. The molecule has 1 amide bonds. The summed E-state index contributed by atoms with van der Waals surface area (Å²) in [5.41, 5.74) is 2.58. The largest absolute Gasteiger partial charge is 0.357 e. The van der Waals surface area contributed by atoms with Gasteiger partial charge in [-0.2, -0.15) is 0 Å². The molecule has 0 spiro atoms. The predicted octanol–water partition coefficient (Wildman–Crippen LogP) is 2.24. The van der Waals surface area contributed by atoms with Crippen molar-refractivity contribution in [3.05, 3.63) is 35.4 Å². The molecular formula is C18H29IN4O. The minimum absolute atomic E-state index is 0. The van der Waals surface area contributed by atoms with Gasteiger partial charge in [-0.1, -0.05) is 29.8 Å². The van der Waals surface area contributed by atoms with Crippen molar-refractivity contribution in [2.75, 3.05) is 26.2 Å². The van der Waals surface area contributed by atoms with Crippen molar-refractivity contribution in [2.24, 2.45) is 10.9 Å². The fourth-order valence-corrected chi connectivity index (χ4v) is 2.25. The molecule has 0 radical (unpaired) electrons. The van der Waals surface area contributed by atoms with Crippen molar-refractivity contribution in [3.63, 3.8) is 0 Å². The van der Waals surface area contributed by atoms with Crippen molar-refractivity contribution < 1.29 is 4.79 Å². The molecule has 24 heavy (non-hydrogen) atoms. The minimum atomic E-state index is 0. The van der Waals surface area contributed by atoms with Gasteiger partial charge in [-0.05, 0) is 38.7 Å². The lowest BCUT2D eigenvalue weighted by molar-refractivity contribution is -0.122. The van der Waals surface area contributed by atoms with E-state index < -0.39 is 0 Å². The number of hydrogen-bond donors (Lipinski definition) is 3. The third-order valence-corrected chi connectivity index (χ3v) is 3.80. The number of amides is 1. The maximum Gasteiger partial charge on any atom is 0.223 e. The number of carbonyl (C=O) groups is 1. The highest BCUT2D eigenvalue weighted by Gasteiger charge is 2.28. The molecule has 1 saturated carbocycles. The fourth-order valence-electron chi connectivity index (χ4n) is 2.25. The van der Waals surface area contributed by atoms with E-state index in [0.717, 1.165) is 38.3 Å². The third kappa shape index (κ3) is 7.99. The van der Waals surface area contributed by atoms with Crippen LogP contribution in [0, 0.1) is 12.8 Å². The van der Waals surface area contributed by atoms with Gasteiger partial charge in [0, 0.05) is 32.1 Å². The molecule has 0 atom stereocenters. The monoisotopic (exact) mass is 444 g/mol. The molecule has 1 aromatic carbocycles. The van der Waals surface area contributed by atoms with Crippen LogP contribution in [0.15, 0.2) is 29.3 Å². The fraction of sp³-hybridized carbons (Fsp3) is 0.556. The van der Waals surface area contributed by atoms with Crippen molar-refractivity contribution in [1.82, 2.24) is 16.0 Å². The Morgan fingerprint density at radius 1 is 1.12 bits per heavy atom. The SMILES string of the molecule is CCNC(=NCCc1ccc(C)cc1)NCCNC(=O)C1CC1.I. The smallest absolute Gasteiger partial charge is 0.223 e. The second kappa shape index (κ2) is 11.3. The topological polar surface area (TPSA) is 65.5 Å². The van der Waals surface area contributed by atoms with Gasteiger partial charge in [-0.3, -0.25) is 9.79 Å². The normalized spacial score (nSPS) is 13.8. The summed E-state index contributed by atoms with van der Waals surface area (Å²) < 4.78 is 0. The van der Waals surface area contributed by atoms with E-state index in [2.05, 4.69) is 52.1 Å². The van der Waals surface area contributed by atoms with E-state index in [0.29, 0.717) is 13.1 Å². The molecule has 5 nitrogen and oxygen atoms in total. The minimum Gasteiger partial charge on any atom is -0.357 e. The number of nitrogens with zero attached hydrogens (tertiary/aromatic N) is 1. The molecule has 6 heteroatoms. The molecule has 134 valence electrons. The Labute approximate surface area is 162 Å². The van der Waals surface area contributed by atoms with Crippen LogP contribution < -0.4 is 16.0 Å². The van der Waals surface area contributed by atoms with Gasteiger partial charge in [0.05, 0.1) is 0 Å². The van der Waals surface area contributed by atoms with E-state index in [9.17, 15) is 4.79 Å². The molecule has 0 aromatic heterocycles. The molecule has 0 heterocycles. The molecule has 0 bridgehead atoms. The third-order valence-electron chi connectivity index (χ3n) is 3.80. The summed E-state index contributed by atoms with van der Waals surface area (Å²) in [5.74, 6) is 1.26. The van der Waals surface area contributed by atoms with Crippen LogP contribution in [0.4, 0.5) is 0 Å². The number of guanidine groups is 1. The highest BCUT2D eigenvalue weighted by molar-refractivity contribution is 14.0. The van der Waals surface area contributed by atoms with E-state index in [1.54, 1.807) is 0 Å². The van der Waals surface area contributed by atoms with Crippen LogP contribution in [0.3, 0.4) is 0 Å². The summed E-state index contributed by atoms with van der Waals surface area (Å²) in [6.07, 6.45) is 3.01. The van der Waals surface area contributed by atoms with Gasteiger partial charge in [0.25, 0.3) is 0 Å². The second-order valence-electron chi connectivity index (χ2n) is 5.99. The number of rotatable bonds is 8. The molecule has 1 aliphatic rings. The van der Waals surface area contributed by atoms with E-state index in [1.165, 1.54) is 11.1 Å². The number of halogens is 1. The summed E-state index contributed by atoms with van der Waals surface area (Å²) >= 11 is 0. The maximum absolute atomic E-state index is 11.5. The number of aryl methyl sites for hydroxylation is 1. The summed E-state index contributed by atoms with van der Waals surface area (Å²) in [7, 11) is 0. The van der Waals surface area contributed by atoms with Crippen molar-refractivity contribution in [1.29, 1.82) is 0 Å². The molecule has 1 fully saturated rings. The van der Waals surface area contributed by atoms with Gasteiger partial charge >= 0.3 is 0 Å². The van der Waals surface area contributed by atoms with Crippen molar-refractivity contribution >= 4 is 35.8 Å². The Kier molecular flexibility index (Phi) is 9.75. The van der Waals surface area contributed by atoms with Gasteiger partial charge in [0.15, 0.2) is 5.96 Å². The number of benzene rings is 1. The number of carbonyl (C=O) groups excluding carboxylic acids is 1. The lowest BCUT2D eigenvalue weighted by Crippen LogP contribution is -2.41. The van der Waals surface area contributed by atoms with Crippen LogP contribution in [0.2, 0.25) is 0 Å². The second-order valence-corrected chi connectivity index (χ2v) is 5.99. The summed E-state index contributed by atoms with van der Waals surface area (Å²) in [5, 5.41) is 9.43. The molecule has 1 aromatic rings. The van der Waals surface area contributed by atoms with Crippen LogP contribution in [0.25, 0.3) is 0 Å². The Hall–Kier alpha value is -1.31. The zero-order valence-corrected chi connectivity index (χ0v) is 16.9. The van der Waals surface area contributed by atoms with Crippen LogP contribution in [-0.2, 0) is 11.2 Å². The molecule has 3 N–H and O–H groups in total. The lowest BCUT2D eigenvalue weighted by Gasteiger charge is -2.11. The first-order valence-corrected chi connectivity index (χ1v) is 8.54. The molecular weight excluding hydrogens is 415 g/mol. The Balaban J connectivity index is 0.00000288. The van der Waals surface area contributed by atoms with Gasteiger partial charge in [0.1, 0.15) is 0 Å². The molecule has 0 saturated heterocycles. The zero-order chi connectivity index (χ0) is 16.5. The first-order valence-electron chi connectivity index (χ1n) is 8.54. The highest BCUT2D eigenvalue weighted by Crippen LogP contribution is 2.28. The van der Waals surface area contributed by atoms with Crippen LogP contribution in [0.5, 0.6) is 0 Å². The Bertz CT molecular complexity index is 526. The van der Waals surface area contributed by atoms with E-state index in [-0.39, 0.29) is 35.8 Å². The summed E-state index contributed by atoms with van der Waals surface area (Å²) in [6, 6.07) is 8.56. The first kappa shape index (κ1) is 20.7. The lowest BCUT2D eigenvalue weighted by atomic mass is 10.1. The Morgan fingerprint density at radius 3 is 2.42 bits per heavy atom. The number of aliphatic imine (C=N–C) groups is 1. The van der Waals surface area contributed by atoms with Crippen LogP contribution in [-0.4, -0.2) is 38.0 Å². The highest BCUT2D eigenvalue weighted by atomic mass is 127. The molecule has 2 rings (SSSR count). The maximum atomic E-state index is 11.5. The van der Waals surface area contributed by atoms with Gasteiger partial charge in [0.2, 0.25) is 5.91 Å². The molecule has 0 unspecified atom stereocenters. The predicted molar refractivity (Wildman–Crippen MR) is 110 cm³/mol. The Morgan fingerprint density at radius 2 is 1.79 bits per heavy atom. The van der Waals surface area contributed by atoms with Gasteiger partial charge < -0.3 is 16.0 Å². The summed E-state index contributed by atoms with van der Waals surface area (Å²) in [6.45, 7) is 7.04. The first-order chi connectivity index (χ1) is 11.2. The van der Waals surface area contributed by atoms with Crippen molar-refractivity contribution in [3.8, 4) is 0 Å². The average Bonchev–Trinajstić information content (AvgIpc) is 3.38. The van der Waals surface area contributed by atoms with E-state index in [4.69, 9.17) is 0 Å². The standard InChI is InChI=1S/C18H28N4O.HI/c1-3-19-18(22-13-12-20-17(23)16-8-9-16)21-11-10-15-6-4-14(2)5-7-15;/h4-7,16H,3,8-13H2,1-2H3,(H,20,23)(H2,19,21,22);1H. The summed E-state index contributed by atoms with van der Waals surface area (Å²) in [4.78, 5) is 16.1. The van der Waals surface area contributed by atoms with E-state index >= 15 is 0 Å². The molecule has 0 aliphatic heterocycles.